The first-order valence-corrected chi connectivity index (χ1v) is 10.3. The van der Waals surface area contributed by atoms with Crippen LogP contribution in [0.1, 0.15) is 44.2 Å². The van der Waals surface area contributed by atoms with Gasteiger partial charge in [0.25, 0.3) is 5.69 Å². The van der Waals surface area contributed by atoms with Crippen LogP contribution in [0.2, 0.25) is 5.02 Å². The van der Waals surface area contributed by atoms with E-state index in [4.69, 9.17) is 16.3 Å². The van der Waals surface area contributed by atoms with E-state index in [2.05, 4.69) is 0 Å². The molecule has 162 valence electrons. The molecule has 2 aromatic rings. The number of halogens is 1. The number of benzene rings is 2. The van der Waals surface area contributed by atoms with Gasteiger partial charge in [-0.1, -0.05) is 35.9 Å². The van der Waals surface area contributed by atoms with Gasteiger partial charge in [0.1, 0.15) is 0 Å². The lowest BCUT2D eigenvalue weighted by molar-refractivity contribution is -0.384. The van der Waals surface area contributed by atoms with Crippen LogP contribution in [0.25, 0.3) is 0 Å². The number of hydrogen-bond donors (Lipinski definition) is 0. The number of nitro benzene ring substituents is 1. The molecule has 0 aliphatic carbocycles. The summed E-state index contributed by atoms with van der Waals surface area (Å²) in [7, 11) is 0. The van der Waals surface area contributed by atoms with E-state index in [1.54, 1.807) is 57.2 Å². The molecule has 0 unspecified atom stereocenters. The molecule has 1 heterocycles. The summed E-state index contributed by atoms with van der Waals surface area (Å²) in [5, 5.41) is 11.6. The predicted molar refractivity (Wildman–Crippen MR) is 116 cm³/mol. The smallest absolute Gasteiger partial charge is 0.336 e. The topological polar surface area (TPSA) is 89.8 Å². The van der Waals surface area contributed by atoms with Crippen LogP contribution in [0.4, 0.5) is 5.69 Å². The Hall–Kier alpha value is -3.19. The summed E-state index contributed by atoms with van der Waals surface area (Å²) in [6.07, 6.45) is -0.238. The van der Waals surface area contributed by atoms with E-state index in [1.165, 1.54) is 17.0 Å². The second kappa shape index (κ2) is 9.31. The molecule has 1 aliphatic rings. The maximum absolute atomic E-state index is 13.0. The van der Waals surface area contributed by atoms with Crippen molar-refractivity contribution in [2.75, 3.05) is 0 Å². The molecule has 3 rings (SSSR count). The molecule has 0 bridgehead atoms. The zero-order chi connectivity index (χ0) is 22.7. The Kier molecular flexibility index (Phi) is 6.75. The summed E-state index contributed by atoms with van der Waals surface area (Å²) >= 11 is 6.00. The third-order valence-electron chi connectivity index (χ3n) is 5.12. The van der Waals surface area contributed by atoms with Crippen LogP contribution >= 0.6 is 11.6 Å². The van der Waals surface area contributed by atoms with Crippen molar-refractivity contribution in [3.63, 3.8) is 0 Å². The van der Waals surface area contributed by atoms with Gasteiger partial charge in [-0.3, -0.25) is 14.9 Å². The lowest BCUT2D eigenvalue weighted by atomic mass is 9.83. The van der Waals surface area contributed by atoms with Crippen molar-refractivity contribution in [3.05, 3.63) is 86.1 Å². The summed E-state index contributed by atoms with van der Waals surface area (Å²) in [6.45, 7) is 5.35. The highest BCUT2D eigenvalue weighted by molar-refractivity contribution is 6.30. The van der Waals surface area contributed by atoms with Crippen LogP contribution in [-0.4, -0.2) is 27.8 Å². The monoisotopic (exact) mass is 442 g/mol. The normalized spacial score (nSPS) is 16.6. The van der Waals surface area contributed by atoms with Gasteiger partial charge in [0, 0.05) is 35.2 Å². The van der Waals surface area contributed by atoms with Gasteiger partial charge in [0.2, 0.25) is 5.91 Å². The zero-order valence-electron chi connectivity index (χ0n) is 17.5. The average Bonchev–Trinajstić information content (AvgIpc) is 2.70. The molecule has 8 heteroatoms. The van der Waals surface area contributed by atoms with Crippen LogP contribution in [0, 0.1) is 10.1 Å². The number of hydrogen-bond acceptors (Lipinski definition) is 5. The molecule has 31 heavy (non-hydrogen) atoms. The van der Waals surface area contributed by atoms with Crippen molar-refractivity contribution < 1.29 is 19.2 Å². The largest absolute Gasteiger partial charge is 0.460 e. The molecule has 0 saturated heterocycles. The first-order chi connectivity index (χ1) is 14.7. The Balaban J connectivity index is 2.02. The predicted octanol–water partition coefficient (Wildman–Crippen LogP) is 4.99. The van der Waals surface area contributed by atoms with Gasteiger partial charge in [-0.2, -0.15) is 0 Å². The molecular formula is C23H23ClN2O5. The highest BCUT2D eigenvalue weighted by atomic mass is 35.5. The number of rotatable bonds is 6. The molecule has 0 radical (unpaired) electrons. The van der Waals surface area contributed by atoms with Crippen molar-refractivity contribution in [3.8, 4) is 0 Å². The Morgan fingerprint density at radius 2 is 1.94 bits per heavy atom. The minimum Gasteiger partial charge on any atom is -0.460 e. The van der Waals surface area contributed by atoms with E-state index in [0.29, 0.717) is 21.9 Å². The van der Waals surface area contributed by atoms with Gasteiger partial charge < -0.3 is 9.64 Å². The maximum Gasteiger partial charge on any atom is 0.336 e. The molecule has 1 amide bonds. The summed E-state index contributed by atoms with van der Waals surface area (Å²) in [6, 6.07) is 13.1. The number of nitrogens with zero attached hydrogens (tertiary/aromatic N) is 2. The quantitative estimate of drug-likeness (QED) is 0.357. The number of non-ortho nitro benzene ring substituents is 1. The van der Waals surface area contributed by atoms with Crippen LogP contribution < -0.4 is 0 Å². The number of carbonyl (C=O) groups excluding carboxylic acids is 2. The standard InChI is InChI=1S/C23H23ClN2O5/c1-14(2)31-23(28)22-15(3)25(13-16-5-4-6-19(11-16)26(29)30)21(27)12-20(22)17-7-9-18(24)10-8-17/h4-11,14,20H,12-13H2,1-3H3/t20-/m0/s1. The van der Waals surface area contributed by atoms with Crippen LogP contribution in [0.5, 0.6) is 0 Å². The van der Waals surface area contributed by atoms with Crippen LogP contribution in [-0.2, 0) is 20.9 Å². The Morgan fingerprint density at radius 1 is 1.26 bits per heavy atom. The molecule has 0 N–H and O–H groups in total. The second-order valence-corrected chi connectivity index (χ2v) is 8.10. The van der Waals surface area contributed by atoms with E-state index >= 15 is 0 Å². The van der Waals surface area contributed by atoms with E-state index in [-0.39, 0.29) is 30.7 Å². The van der Waals surface area contributed by atoms with E-state index < -0.39 is 16.8 Å². The fraction of sp³-hybridized carbons (Fsp3) is 0.304. The highest BCUT2D eigenvalue weighted by Crippen LogP contribution is 2.38. The summed E-state index contributed by atoms with van der Waals surface area (Å²) < 4.78 is 5.47. The molecule has 0 spiro atoms. The van der Waals surface area contributed by atoms with Gasteiger partial charge in [-0.05, 0) is 44.0 Å². The number of ether oxygens (including phenoxy) is 1. The minimum atomic E-state index is -0.482. The van der Waals surface area contributed by atoms with Gasteiger partial charge >= 0.3 is 5.97 Å². The average molecular weight is 443 g/mol. The zero-order valence-corrected chi connectivity index (χ0v) is 18.3. The van der Waals surface area contributed by atoms with Gasteiger partial charge in [0.05, 0.1) is 23.1 Å². The van der Waals surface area contributed by atoms with Crippen molar-refractivity contribution in [1.29, 1.82) is 0 Å². The Labute approximate surface area is 185 Å². The number of esters is 1. The summed E-state index contributed by atoms with van der Waals surface area (Å²) in [4.78, 5) is 38.1. The summed E-state index contributed by atoms with van der Waals surface area (Å²) in [5.41, 5.74) is 2.22. The number of nitro groups is 1. The molecule has 7 nitrogen and oxygen atoms in total. The first kappa shape index (κ1) is 22.5. The van der Waals surface area contributed by atoms with Gasteiger partial charge in [-0.25, -0.2) is 4.79 Å². The number of amides is 1. The van der Waals surface area contributed by atoms with E-state index in [0.717, 1.165) is 5.56 Å². The van der Waals surface area contributed by atoms with E-state index in [1.807, 2.05) is 0 Å². The summed E-state index contributed by atoms with van der Waals surface area (Å²) in [5.74, 6) is -1.12. The molecule has 0 saturated carbocycles. The van der Waals surface area contributed by atoms with Crippen molar-refractivity contribution >= 4 is 29.2 Å². The van der Waals surface area contributed by atoms with E-state index in [9.17, 15) is 19.7 Å². The Bertz CT molecular complexity index is 1050. The SMILES string of the molecule is CC1=C(C(=O)OC(C)C)[C@H](c2ccc(Cl)cc2)CC(=O)N1Cc1cccc([N+](=O)[O-])c1. The molecule has 2 aromatic carbocycles. The highest BCUT2D eigenvalue weighted by Gasteiger charge is 2.37. The van der Waals surface area contributed by atoms with Crippen LogP contribution in [0.15, 0.2) is 59.8 Å². The fourth-order valence-electron chi connectivity index (χ4n) is 3.68. The second-order valence-electron chi connectivity index (χ2n) is 7.67. The van der Waals surface area contributed by atoms with Gasteiger partial charge in [-0.15, -0.1) is 0 Å². The first-order valence-electron chi connectivity index (χ1n) is 9.88. The fourth-order valence-corrected chi connectivity index (χ4v) is 3.80. The lowest BCUT2D eigenvalue weighted by Gasteiger charge is -2.34. The lowest BCUT2D eigenvalue weighted by Crippen LogP contribution is -2.38. The molecular weight excluding hydrogens is 420 g/mol. The van der Waals surface area contributed by atoms with Crippen molar-refractivity contribution in [2.45, 2.75) is 45.8 Å². The number of carbonyl (C=O) groups is 2. The maximum atomic E-state index is 13.0. The third kappa shape index (κ3) is 5.11. The Morgan fingerprint density at radius 3 is 2.55 bits per heavy atom. The van der Waals surface area contributed by atoms with Crippen LogP contribution in [0.3, 0.4) is 0 Å². The molecule has 1 atom stereocenters. The minimum absolute atomic E-state index is 0.0536. The van der Waals surface area contributed by atoms with Crippen molar-refractivity contribution in [2.24, 2.45) is 0 Å². The third-order valence-corrected chi connectivity index (χ3v) is 5.37. The molecule has 1 aliphatic heterocycles. The van der Waals surface area contributed by atoms with Crippen molar-refractivity contribution in [1.82, 2.24) is 4.90 Å². The molecule has 0 aromatic heterocycles. The number of allylic oxidation sites excluding steroid dienone is 1. The molecule has 0 fully saturated rings. The van der Waals surface area contributed by atoms with Gasteiger partial charge in [0.15, 0.2) is 0 Å².